The lowest BCUT2D eigenvalue weighted by molar-refractivity contribution is 0.316. The van der Waals surface area contributed by atoms with E-state index in [0.717, 1.165) is 12.8 Å². The van der Waals surface area contributed by atoms with Crippen LogP contribution < -0.4 is 0 Å². The van der Waals surface area contributed by atoms with Crippen LogP contribution in [0.25, 0.3) is 0 Å². The highest BCUT2D eigenvalue weighted by atomic mass is 31.0. The van der Waals surface area contributed by atoms with E-state index in [1.54, 1.807) is 0 Å². The Balaban J connectivity index is 3.69. The van der Waals surface area contributed by atoms with Gasteiger partial charge in [0.15, 0.2) is 0 Å². The number of rotatable bonds is 5. The van der Waals surface area contributed by atoms with E-state index in [0.29, 0.717) is 6.42 Å². The Morgan fingerprint density at radius 2 is 2.27 bits per heavy atom. The average Bonchev–Trinajstić information content (AvgIpc) is 1.97. The lowest BCUT2D eigenvalue weighted by Gasteiger charge is -2.14. The predicted octanol–water partition coefficient (Wildman–Crippen LogP) is 2.27. The molecule has 2 atom stereocenters. The molecule has 3 heteroatoms. The molecule has 0 radical (unpaired) electrons. The van der Waals surface area contributed by atoms with E-state index in [-0.39, 0.29) is 6.61 Å². The van der Waals surface area contributed by atoms with E-state index in [4.69, 9.17) is 5.11 Å². The minimum Gasteiger partial charge on any atom is -0.392 e. The van der Waals surface area contributed by atoms with Crippen LogP contribution in [0.2, 0.25) is 0 Å². The summed E-state index contributed by atoms with van der Waals surface area (Å²) in [5, 5.41) is 7.07. The first-order valence-electron chi connectivity index (χ1n) is 3.88. The van der Waals surface area contributed by atoms with E-state index >= 15 is 0 Å². The van der Waals surface area contributed by atoms with Gasteiger partial charge in [0.25, 0.3) is 0 Å². The molecule has 0 aromatic carbocycles. The van der Waals surface area contributed by atoms with Crippen LogP contribution >= 0.6 is 9.24 Å². The molecule has 0 aromatic heterocycles. The maximum atomic E-state index is 13.2. The second-order valence-corrected chi connectivity index (χ2v) is 3.58. The van der Waals surface area contributed by atoms with Crippen LogP contribution in [0.5, 0.6) is 0 Å². The van der Waals surface area contributed by atoms with Crippen molar-refractivity contribution in [3.63, 3.8) is 0 Å². The van der Waals surface area contributed by atoms with Crippen molar-refractivity contribution in [1.82, 2.24) is 0 Å². The van der Waals surface area contributed by atoms with Crippen molar-refractivity contribution >= 4 is 9.24 Å². The monoisotopic (exact) mass is 178 g/mol. The zero-order valence-corrected chi connectivity index (χ0v) is 8.04. The normalized spacial score (nSPS) is 17.1. The highest BCUT2D eigenvalue weighted by molar-refractivity contribution is 7.18. The smallest absolute Gasteiger partial charge is 0.141 e. The van der Waals surface area contributed by atoms with Crippen molar-refractivity contribution < 1.29 is 9.50 Å². The van der Waals surface area contributed by atoms with Gasteiger partial charge in [-0.05, 0) is 18.9 Å². The molecular formula is C8H16FOP. The number of allylic oxidation sites excluding steroid dienone is 1. The van der Waals surface area contributed by atoms with Gasteiger partial charge in [0.2, 0.25) is 0 Å². The van der Waals surface area contributed by atoms with Crippen molar-refractivity contribution in [2.45, 2.75) is 31.6 Å². The molecule has 0 heterocycles. The third kappa shape index (κ3) is 6.46. The quantitative estimate of drug-likeness (QED) is 0.505. The van der Waals surface area contributed by atoms with Crippen molar-refractivity contribution in [3.8, 4) is 0 Å². The van der Waals surface area contributed by atoms with Crippen LogP contribution in [0, 0.1) is 0 Å². The van der Waals surface area contributed by atoms with Crippen molar-refractivity contribution in [1.29, 1.82) is 0 Å². The summed E-state index contributed by atoms with van der Waals surface area (Å²) >= 11 is 0. The second kappa shape index (κ2) is 5.68. The predicted molar refractivity (Wildman–Crippen MR) is 49.3 cm³/mol. The molecule has 0 fully saturated rings. The molecule has 0 aromatic rings. The largest absolute Gasteiger partial charge is 0.392 e. The van der Waals surface area contributed by atoms with Crippen LogP contribution in [-0.2, 0) is 0 Å². The van der Waals surface area contributed by atoms with Gasteiger partial charge in [-0.15, -0.1) is 0 Å². The van der Waals surface area contributed by atoms with E-state index in [9.17, 15) is 4.39 Å². The SMILES string of the molecule is CCCCC(F)(P)/C=C\CO. The van der Waals surface area contributed by atoms with Gasteiger partial charge in [0.05, 0.1) is 6.61 Å². The molecule has 0 amide bonds. The average molecular weight is 178 g/mol. The minimum absolute atomic E-state index is 0.0911. The third-order valence-electron chi connectivity index (χ3n) is 1.41. The van der Waals surface area contributed by atoms with Crippen LogP contribution in [0.1, 0.15) is 26.2 Å². The van der Waals surface area contributed by atoms with Crippen LogP contribution in [0.3, 0.4) is 0 Å². The molecule has 0 rings (SSSR count). The number of unbranched alkanes of at least 4 members (excludes halogenated alkanes) is 1. The van der Waals surface area contributed by atoms with Gasteiger partial charge in [-0.25, -0.2) is 4.39 Å². The molecule has 11 heavy (non-hydrogen) atoms. The van der Waals surface area contributed by atoms with Crippen molar-refractivity contribution in [2.75, 3.05) is 6.61 Å². The summed E-state index contributed by atoms with van der Waals surface area (Å²) in [4.78, 5) is 0. The molecule has 1 nitrogen and oxygen atoms in total. The van der Waals surface area contributed by atoms with Crippen LogP contribution in [0.4, 0.5) is 4.39 Å². The maximum absolute atomic E-state index is 13.2. The first kappa shape index (κ1) is 11.1. The molecule has 0 spiro atoms. The van der Waals surface area contributed by atoms with Gasteiger partial charge < -0.3 is 5.11 Å². The first-order chi connectivity index (χ1) is 5.12. The Bertz CT molecular complexity index is 123. The molecule has 0 aliphatic carbocycles. The molecule has 0 bridgehead atoms. The summed E-state index contributed by atoms with van der Waals surface area (Å²) in [6, 6.07) is 0. The molecule has 0 aliphatic rings. The lowest BCUT2D eigenvalue weighted by atomic mass is 10.1. The Morgan fingerprint density at radius 3 is 2.73 bits per heavy atom. The Labute approximate surface area is 69.9 Å². The second-order valence-electron chi connectivity index (χ2n) is 2.62. The van der Waals surface area contributed by atoms with Gasteiger partial charge >= 0.3 is 0 Å². The summed E-state index contributed by atoms with van der Waals surface area (Å²) in [5.41, 5.74) is 0. The molecule has 2 unspecified atom stereocenters. The van der Waals surface area contributed by atoms with Gasteiger partial charge in [0.1, 0.15) is 5.41 Å². The summed E-state index contributed by atoms with van der Waals surface area (Å²) in [6.07, 6.45) is 5.20. The third-order valence-corrected chi connectivity index (χ3v) is 1.89. The van der Waals surface area contributed by atoms with Crippen LogP contribution in [-0.4, -0.2) is 17.1 Å². The molecule has 0 aliphatic heterocycles. The summed E-state index contributed by atoms with van der Waals surface area (Å²) in [6.45, 7) is 1.93. The topological polar surface area (TPSA) is 20.2 Å². The number of alkyl halides is 1. The zero-order chi connectivity index (χ0) is 8.74. The Hall–Kier alpha value is 0.0600. The van der Waals surface area contributed by atoms with Gasteiger partial charge in [-0.3, -0.25) is 0 Å². The van der Waals surface area contributed by atoms with Gasteiger partial charge in [-0.1, -0.05) is 28.7 Å². The minimum atomic E-state index is -1.32. The maximum Gasteiger partial charge on any atom is 0.141 e. The van der Waals surface area contributed by atoms with E-state index in [2.05, 4.69) is 9.24 Å². The number of hydrogen-bond donors (Lipinski definition) is 1. The van der Waals surface area contributed by atoms with Crippen LogP contribution in [0.15, 0.2) is 12.2 Å². The highest BCUT2D eigenvalue weighted by Gasteiger charge is 2.17. The Kier molecular flexibility index (Phi) is 5.71. The molecule has 1 N–H and O–H groups in total. The van der Waals surface area contributed by atoms with Gasteiger partial charge in [0, 0.05) is 0 Å². The summed E-state index contributed by atoms with van der Waals surface area (Å²) < 4.78 is 13.2. The Morgan fingerprint density at radius 1 is 1.64 bits per heavy atom. The molecule has 0 saturated carbocycles. The van der Waals surface area contributed by atoms with Crippen molar-refractivity contribution in [3.05, 3.63) is 12.2 Å². The fraction of sp³-hybridized carbons (Fsp3) is 0.750. The molecular weight excluding hydrogens is 162 g/mol. The van der Waals surface area contributed by atoms with Gasteiger partial charge in [-0.2, -0.15) is 0 Å². The highest BCUT2D eigenvalue weighted by Crippen LogP contribution is 2.28. The number of halogens is 1. The summed E-state index contributed by atoms with van der Waals surface area (Å²) in [5.74, 6) is 0. The zero-order valence-electron chi connectivity index (χ0n) is 6.89. The number of aliphatic hydroxyl groups excluding tert-OH is 1. The fourth-order valence-electron chi connectivity index (χ4n) is 0.780. The molecule has 0 saturated heterocycles. The molecule has 66 valence electrons. The number of hydrogen-bond acceptors (Lipinski definition) is 1. The van der Waals surface area contributed by atoms with E-state index < -0.39 is 5.41 Å². The fourth-order valence-corrected chi connectivity index (χ4v) is 1.12. The standard InChI is InChI=1S/C8H16FOP/c1-2-3-5-8(9,11)6-4-7-10/h4,6,10H,2-3,5,7,11H2,1H3/b6-4-. The van der Waals surface area contributed by atoms with Crippen molar-refractivity contribution in [2.24, 2.45) is 0 Å². The number of aliphatic hydroxyl groups is 1. The lowest BCUT2D eigenvalue weighted by Crippen LogP contribution is -2.08. The van der Waals surface area contributed by atoms with E-state index in [1.807, 2.05) is 6.92 Å². The first-order valence-corrected chi connectivity index (χ1v) is 4.46. The summed E-state index contributed by atoms with van der Waals surface area (Å²) in [7, 11) is 2.15. The van der Waals surface area contributed by atoms with E-state index in [1.165, 1.54) is 12.2 Å².